The molecule has 3 aromatic rings. The molecule has 1 fully saturated rings. The van der Waals surface area contributed by atoms with E-state index >= 15 is 0 Å². The van der Waals surface area contributed by atoms with Gasteiger partial charge < -0.3 is 23.5 Å². The van der Waals surface area contributed by atoms with Crippen LogP contribution in [0.5, 0.6) is 23.0 Å². The third kappa shape index (κ3) is 5.17. The first kappa shape index (κ1) is 23.6. The van der Waals surface area contributed by atoms with E-state index in [1.54, 1.807) is 37.4 Å². The number of hydrogen-bond donors (Lipinski definition) is 0. The summed E-state index contributed by atoms with van der Waals surface area (Å²) in [5, 5.41) is 0.290. The van der Waals surface area contributed by atoms with E-state index in [-0.39, 0.29) is 46.8 Å². The summed E-state index contributed by atoms with van der Waals surface area (Å²) in [4.78, 5) is 26.7. The van der Waals surface area contributed by atoms with Crippen molar-refractivity contribution in [1.82, 2.24) is 4.90 Å². The van der Waals surface area contributed by atoms with Gasteiger partial charge in [-0.25, -0.2) is 8.42 Å². The average Bonchev–Trinajstić information content (AvgIpc) is 3.19. The van der Waals surface area contributed by atoms with Crippen LogP contribution >= 0.6 is 0 Å². The fraction of sp³-hybridized carbons (Fsp3) is 0.333. The van der Waals surface area contributed by atoms with Crippen molar-refractivity contribution < 1.29 is 31.8 Å². The molecule has 1 unspecified atom stereocenters. The lowest BCUT2D eigenvalue weighted by Crippen LogP contribution is -2.40. The van der Waals surface area contributed by atoms with Crippen LogP contribution in [0.3, 0.4) is 0 Å². The molecule has 9 nitrogen and oxygen atoms in total. The number of amides is 1. The molecule has 2 aromatic carbocycles. The monoisotopic (exact) mass is 487 g/mol. The molecule has 1 aliphatic heterocycles. The number of para-hydroxylation sites is 2. The normalized spacial score (nSPS) is 16.8. The Morgan fingerprint density at radius 2 is 1.88 bits per heavy atom. The van der Waals surface area contributed by atoms with E-state index in [1.807, 2.05) is 6.92 Å². The van der Waals surface area contributed by atoms with Crippen LogP contribution in [-0.4, -0.2) is 57.0 Å². The molecule has 1 aliphatic rings. The number of ether oxygens (including phenoxy) is 3. The first-order chi connectivity index (χ1) is 16.3. The van der Waals surface area contributed by atoms with Gasteiger partial charge in [-0.2, -0.15) is 0 Å². The second-order valence-electron chi connectivity index (χ2n) is 7.92. The fourth-order valence-corrected chi connectivity index (χ4v) is 5.48. The van der Waals surface area contributed by atoms with E-state index in [4.69, 9.17) is 18.6 Å². The Labute approximate surface area is 196 Å². The predicted octanol–water partition coefficient (Wildman–Crippen LogP) is 3.01. The number of rotatable bonds is 8. The van der Waals surface area contributed by atoms with Crippen LogP contribution in [0.15, 0.2) is 57.9 Å². The molecule has 0 bridgehead atoms. The van der Waals surface area contributed by atoms with Gasteiger partial charge in [-0.05, 0) is 37.6 Å². The van der Waals surface area contributed by atoms with Crippen LogP contribution < -0.4 is 19.6 Å². The minimum atomic E-state index is -3.09. The summed E-state index contributed by atoms with van der Waals surface area (Å²) >= 11 is 0. The van der Waals surface area contributed by atoms with Gasteiger partial charge in [-0.3, -0.25) is 9.59 Å². The van der Waals surface area contributed by atoms with Crippen LogP contribution in [-0.2, 0) is 14.6 Å². The maximum Gasteiger partial charge on any atom is 0.260 e. The van der Waals surface area contributed by atoms with E-state index in [9.17, 15) is 18.0 Å². The SMILES string of the molecule is CCOc1ccccc1Oc1coc2cc(OCC(=O)N(C)C3CCS(=O)(=O)C3)ccc2c1=O. The van der Waals surface area contributed by atoms with Gasteiger partial charge in [0.15, 0.2) is 27.9 Å². The molecule has 0 aliphatic carbocycles. The van der Waals surface area contributed by atoms with Crippen molar-refractivity contribution in [3.8, 4) is 23.0 Å². The Hall–Kier alpha value is -3.53. The van der Waals surface area contributed by atoms with Gasteiger partial charge in [0.2, 0.25) is 11.2 Å². The number of benzene rings is 2. The Morgan fingerprint density at radius 1 is 1.12 bits per heavy atom. The summed E-state index contributed by atoms with van der Waals surface area (Å²) in [6.45, 7) is 2.04. The number of hydrogen-bond acceptors (Lipinski definition) is 8. The van der Waals surface area contributed by atoms with Gasteiger partial charge >= 0.3 is 0 Å². The van der Waals surface area contributed by atoms with Gasteiger partial charge in [0.1, 0.15) is 17.6 Å². The summed E-state index contributed by atoms with van der Waals surface area (Å²) in [5.41, 5.74) is -0.0898. The van der Waals surface area contributed by atoms with Crippen LogP contribution in [0.2, 0.25) is 0 Å². The van der Waals surface area contributed by atoms with Crippen molar-refractivity contribution >= 4 is 26.7 Å². The second kappa shape index (κ2) is 9.76. The zero-order chi connectivity index (χ0) is 24.3. The highest BCUT2D eigenvalue weighted by molar-refractivity contribution is 7.91. The van der Waals surface area contributed by atoms with Crippen LogP contribution in [0, 0.1) is 0 Å². The molecular weight excluding hydrogens is 462 g/mol. The molecule has 0 N–H and O–H groups in total. The van der Waals surface area contributed by atoms with Crippen LogP contribution in [0.1, 0.15) is 13.3 Å². The van der Waals surface area contributed by atoms with Gasteiger partial charge in [-0.1, -0.05) is 12.1 Å². The van der Waals surface area contributed by atoms with E-state index in [0.29, 0.717) is 35.7 Å². The van der Waals surface area contributed by atoms with Crippen LogP contribution in [0.4, 0.5) is 0 Å². The maximum atomic E-state index is 12.9. The lowest BCUT2D eigenvalue weighted by molar-refractivity contribution is -0.133. The number of nitrogens with zero attached hydrogens (tertiary/aromatic N) is 1. The van der Waals surface area contributed by atoms with Crippen molar-refractivity contribution in [3.05, 3.63) is 59.0 Å². The van der Waals surface area contributed by atoms with E-state index in [2.05, 4.69) is 0 Å². The molecule has 1 aromatic heterocycles. The summed E-state index contributed by atoms with van der Waals surface area (Å²) in [6, 6.07) is 11.3. The highest BCUT2D eigenvalue weighted by Gasteiger charge is 2.32. The lowest BCUT2D eigenvalue weighted by atomic mass is 10.2. The fourth-order valence-electron chi connectivity index (χ4n) is 3.71. The number of carbonyl (C=O) groups is 1. The van der Waals surface area contributed by atoms with E-state index in [0.717, 1.165) is 0 Å². The van der Waals surface area contributed by atoms with Crippen molar-refractivity contribution in [1.29, 1.82) is 0 Å². The highest BCUT2D eigenvalue weighted by Crippen LogP contribution is 2.31. The first-order valence-corrected chi connectivity index (χ1v) is 12.6. The molecule has 10 heteroatoms. The third-order valence-electron chi connectivity index (χ3n) is 5.60. The second-order valence-corrected chi connectivity index (χ2v) is 10.1. The van der Waals surface area contributed by atoms with Gasteiger partial charge in [0.25, 0.3) is 5.91 Å². The van der Waals surface area contributed by atoms with Crippen molar-refractivity contribution in [2.75, 3.05) is 31.8 Å². The molecule has 1 saturated heterocycles. The molecule has 1 amide bonds. The molecule has 2 heterocycles. The maximum absolute atomic E-state index is 12.9. The molecule has 0 radical (unpaired) electrons. The zero-order valence-corrected chi connectivity index (χ0v) is 19.7. The van der Waals surface area contributed by atoms with Gasteiger partial charge in [-0.15, -0.1) is 0 Å². The molecule has 180 valence electrons. The first-order valence-electron chi connectivity index (χ1n) is 10.8. The third-order valence-corrected chi connectivity index (χ3v) is 7.35. The minimum absolute atomic E-state index is 0.0108. The summed E-state index contributed by atoms with van der Waals surface area (Å²) in [5.74, 6) is 0.981. The van der Waals surface area contributed by atoms with Crippen LogP contribution in [0.25, 0.3) is 11.0 Å². The topological polar surface area (TPSA) is 112 Å². The summed E-state index contributed by atoms with van der Waals surface area (Å²) < 4.78 is 45.7. The molecule has 0 spiro atoms. The smallest absolute Gasteiger partial charge is 0.260 e. The molecule has 34 heavy (non-hydrogen) atoms. The Balaban J connectivity index is 1.46. The Bertz CT molecular complexity index is 1360. The number of likely N-dealkylation sites (N-methyl/N-ethyl adjacent to an activating group) is 1. The molecule has 4 rings (SSSR count). The largest absolute Gasteiger partial charge is 0.490 e. The summed E-state index contributed by atoms with van der Waals surface area (Å²) in [7, 11) is -1.52. The van der Waals surface area contributed by atoms with E-state index < -0.39 is 9.84 Å². The van der Waals surface area contributed by atoms with Gasteiger partial charge in [0.05, 0.1) is 23.5 Å². The standard InChI is InChI=1S/C24H25NO8S/c1-3-30-19-6-4-5-7-20(19)33-22-13-32-21-12-17(8-9-18(21)24(22)27)31-14-23(26)25(2)16-10-11-34(28,29)15-16/h4-9,12-13,16H,3,10-11,14-15H2,1-2H3. The quantitative estimate of drug-likeness (QED) is 0.477. The number of sulfone groups is 1. The van der Waals surface area contributed by atoms with Crippen molar-refractivity contribution in [2.24, 2.45) is 0 Å². The van der Waals surface area contributed by atoms with Crippen molar-refractivity contribution in [2.45, 2.75) is 19.4 Å². The predicted molar refractivity (Wildman–Crippen MR) is 125 cm³/mol. The zero-order valence-electron chi connectivity index (χ0n) is 18.9. The lowest BCUT2D eigenvalue weighted by Gasteiger charge is -2.23. The number of fused-ring (bicyclic) bond motifs is 1. The number of carbonyl (C=O) groups excluding carboxylic acids is 1. The molecular formula is C24H25NO8S. The summed E-state index contributed by atoms with van der Waals surface area (Å²) in [6.07, 6.45) is 1.64. The van der Waals surface area contributed by atoms with Crippen molar-refractivity contribution in [3.63, 3.8) is 0 Å². The Morgan fingerprint density at radius 3 is 2.59 bits per heavy atom. The minimum Gasteiger partial charge on any atom is -0.490 e. The average molecular weight is 488 g/mol. The van der Waals surface area contributed by atoms with E-state index in [1.165, 1.54) is 23.3 Å². The van der Waals surface area contributed by atoms with Gasteiger partial charge in [0, 0.05) is 19.2 Å². The molecule has 1 atom stereocenters. The highest BCUT2D eigenvalue weighted by atomic mass is 32.2. The molecule has 0 saturated carbocycles. The Kier molecular flexibility index (Phi) is 6.78.